The Kier molecular flexibility index (Phi) is 6.59. The first-order valence-electron chi connectivity index (χ1n) is 9.81. The number of aromatic amines is 1. The van der Waals surface area contributed by atoms with E-state index in [1.54, 1.807) is 0 Å². The molecule has 182 valence electrons. The lowest BCUT2D eigenvalue weighted by Gasteiger charge is -2.23. The summed E-state index contributed by atoms with van der Waals surface area (Å²) in [7, 11) is 0. The minimum Gasteiger partial charge on any atom is -0.406 e. The molecule has 1 atom stereocenters. The molecule has 0 saturated heterocycles. The molecule has 9 nitrogen and oxygen atoms in total. The van der Waals surface area contributed by atoms with Gasteiger partial charge in [0.2, 0.25) is 17.8 Å². The Morgan fingerprint density at radius 1 is 1.06 bits per heavy atom. The van der Waals surface area contributed by atoms with Crippen LogP contribution in [0.5, 0.6) is 5.75 Å². The topological polar surface area (TPSA) is 125 Å². The highest BCUT2D eigenvalue weighted by Gasteiger charge is 2.35. The van der Waals surface area contributed by atoms with E-state index in [0.717, 1.165) is 12.1 Å². The zero-order valence-corrected chi connectivity index (χ0v) is 18.8. The van der Waals surface area contributed by atoms with E-state index in [-0.39, 0.29) is 29.4 Å². The Labute approximate surface area is 204 Å². The SMILES string of the molecule is O=C1CC(C(=O)Nc2ccc(OC(F)(F)F)cc2)c2c(nc(Nc3cc(Cl)cc(Cl)c3)[nH]c2=O)N1. The predicted octanol–water partition coefficient (Wildman–Crippen LogP) is 4.78. The Bertz CT molecular complexity index is 1340. The van der Waals surface area contributed by atoms with Crippen LogP contribution in [0, 0.1) is 0 Å². The molecule has 1 unspecified atom stereocenters. The van der Waals surface area contributed by atoms with E-state index in [0.29, 0.717) is 15.7 Å². The second-order valence-corrected chi connectivity index (χ2v) is 8.20. The molecule has 0 spiro atoms. The van der Waals surface area contributed by atoms with E-state index in [9.17, 15) is 27.6 Å². The number of ether oxygens (including phenoxy) is 1. The average molecular weight is 528 g/mol. The summed E-state index contributed by atoms with van der Waals surface area (Å²) < 4.78 is 40.7. The molecule has 4 N–H and O–H groups in total. The van der Waals surface area contributed by atoms with Crippen LogP contribution < -0.4 is 26.2 Å². The maximum Gasteiger partial charge on any atom is 0.573 e. The molecular weight excluding hydrogens is 514 g/mol. The van der Waals surface area contributed by atoms with Crippen molar-refractivity contribution < 1.29 is 27.5 Å². The van der Waals surface area contributed by atoms with Crippen LogP contribution in [0.1, 0.15) is 17.9 Å². The Balaban J connectivity index is 1.56. The van der Waals surface area contributed by atoms with E-state index in [1.807, 2.05) is 0 Å². The summed E-state index contributed by atoms with van der Waals surface area (Å²) in [6, 6.07) is 8.98. The van der Waals surface area contributed by atoms with Crippen LogP contribution in [0.2, 0.25) is 10.0 Å². The standard InChI is InChI=1S/C21H14Cl2F3N5O4/c22-9-5-10(23)7-12(6-9)28-20-30-17-16(19(34)31-20)14(8-15(32)29-17)18(33)27-11-1-3-13(4-2-11)35-21(24,25)26/h1-7,14H,8H2,(H,27,33)(H3,28,29,30,31,32,34). The smallest absolute Gasteiger partial charge is 0.406 e. The molecule has 0 aliphatic carbocycles. The summed E-state index contributed by atoms with van der Waals surface area (Å²) >= 11 is 11.9. The number of benzene rings is 2. The summed E-state index contributed by atoms with van der Waals surface area (Å²) in [6.07, 6.45) is -5.19. The highest BCUT2D eigenvalue weighted by molar-refractivity contribution is 6.35. The molecule has 1 aliphatic heterocycles. The summed E-state index contributed by atoms with van der Waals surface area (Å²) in [5.74, 6) is -3.10. The van der Waals surface area contributed by atoms with Crippen LogP contribution in [0.25, 0.3) is 0 Å². The highest BCUT2D eigenvalue weighted by Crippen LogP contribution is 2.31. The second kappa shape index (κ2) is 9.47. The van der Waals surface area contributed by atoms with Gasteiger partial charge in [0.15, 0.2) is 0 Å². The summed E-state index contributed by atoms with van der Waals surface area (Å²) in [6.45, 7) is 0. The van der Waals surface area contributed by atoms with Crippen molar-refractivity contribution in [2.24, 2.45) is 0 Å². The van der Waals surface area contributed by atoms with Gasteiger partial charge in [0.05, 0.1) is 11.5 Å². The van der Waals surface area contributed by atoms with Crippen LogP contribution in [-0.4, -0.2) is 28.1 Å². The lowest BCUT2D eigenvalue weighted by atomic mass is 9.92. The summed E-state index contributed by atoms with van der Waals surface area (Å²) in [4.78, 5) is 44.6. The lowest BCUT2D eigenvalue weighted by molar-refractivity contribution is -0.274. The van der Waals surface area contributed by atoms with E-state index >= 15 is 0 Å². The van der Waals surface area contributed by atoms with E-state index < -0.39 is 35.4 Å². The molecule has 14 heteroatoms. The molecule has 0 bridgehead atoms. The number of rotatable bonds is 5. The zero-order valence-electron chi connectivity index (χ0n) is 17.3. The molecule has 0 fully saturated rings. The molecule has 0 saturated carbocycles. The van der Waals surface area contributed by atoms with Crippen LogP contribution >= 0.6 is 23.2 Å². The Hall–Kier alpha value is -3.77. The molecule has 2 amide bonds. The normalized spacial score (nSPS) is 15.1. The number of halogens is 5. The lowest BCUT2D eigenvalue weighted by Crippen LogP contribution is -2.36. The largest absolute Gasteiger partial charge is 0.573 e. The molecule has 0 radical (unpaired) electrons. The van der Waals surface area contributed by atoms with Gasteiger partial charge in [0.1, 0.15) is 11.6 Å². The van der Waals surface area contributed by atoms with Crippen LogP contribution in [-0.2, 0) is 9.59 Å². The fraction of sp³-hybridized carbons (Fsp3) is 0.143. The van der Waals surface area contributed by atoms with Gasteiger partial charge >= 0.3 is 6.36 Å². The maximum atomic E-state index is 12.9. The number of nitrogens with zero attached hydrogens (tertiary/aromatic N) is 1. The van der Waals surface area contributed by atoms with Crippen molar-refractivity contribution in [3.8, 4) is 5.75 Å². The molecular formula is C21H14Cl2F3N5O4. The van der Waals surface area contributed by atoms with Crippen molar-refractivity contribution in [3.05, 3.63) is 68.4 Å². The third-order valence-corrected chi connectivity index (χ3v) is 5.18. The first kappa shape index (κ1) is 24.4. The van der Waals surface area contributed by atoms with Crippen molar-refractivity contribution in [2.45, 2.75) is 18.7 Å². The van der Waals surface area contributed by atoms with E-state index in [1.165, 1.54) is 30.3 Å². The minimum absolute atomic E-state index is 0.0336. The number of hydrogen-bond donors (Lipinski definition) is 4. The number of carbonyl (C=O) groups excluding carboxylic acids is 2. The fourth-order valence-corrected chi connectivity index (χ4v) is 3.91. The van der Waals surface area contributed by atoms with Crippen LogP contribution in [0.3, 0.4) is 0 Å². The molecule has 1 aliphatic rings. The number of amides is 2. The average Bonchev–Trinajstić information content (AvgIpc) is 2.72. The molecule has 2 aromatic carbocycles. The number of carbonyl (C=O) groups is 2. The van der Waals surface area contributed by atoms with Gasteiger partial charge in [0.25, 0.3) is 5.56 Å². The van der Waals surface area contributed by atoms with Crippen LogP contribution in [0.4, 0.5) is 36.3 Å². The number of aromatic nitrogens is 2. The van der Waals surface area contributed by atoms with Gasteiger partial charge in [-0.3, -0.25) is 19.4 Å². The number of alkyl halides is 3. The van der Waals surface area contributed by atoms with Crippen molar-refractivity contribution in [1.82, 2.24) is 9.97 Å². The third kappa shape index (κ3) is 6.03. The van der Waals surface area contributed by atoms with Gasteiger partial charge in [-0.1, -0.05) is 23.2 Å². The Morgan fingerprint density at radius 2 is 1.71 bits per heavy atom. The van der Waals surface area contributed by atoms with Gasteiger partial charge in [0, 0.05) is 27.8 Å². The minimum atomic E-state index is -4.86. The molecule has 3 aromatic rings. The number of H-pyrrole nitrogens is 1. The summed E-state index contributed by atoms with van der Waals surface area (Å²) in [5.41, 5.74) is -0.203. The van der Waals surface area contributed by atoms with Gasteiger partial charge in [-0.05, 0) is 42.5 Å². The first-order chi connectivity index (χ1) is 16.5. The van der Waals surface area contributed by atoms with E-state index in [2.05, 4.69) is 30.7 Å². The third-order valence-electron chi connectivity index (χ3n) is 4.75. The Morgan fingerprint density at radius 3 is 2.34 bits per heavy atom. The quantitative estimate of drug-likeness (QED) is 0.378. The fourth-order valence-electron chi connectivity index (χ4n) is 3.39. The van der Waals surface area contributed by atoms with Gasteiger partial charge in [-0.25, -0.2) is 0 Å². The van der Waals surface area contributed by atoms with Crippen molar-refractivity contribution in [1.29, 1.82) is 0 Å². The number of hydrogen-bond acceptors (Lipinski definition) is 6. The van der Waals surface area contributed by atoms with Crippen molar-refractivity contribution in [3.63, 3.8) is 0 Å². The van der Waals surface area contributed by atoms with Crippen molar-refractivity contribution in [2.75, 3.05) is 16.0 Å². The maximum absolute atomic E-state index is 12.9. The molecule has 35 heavy (non-hydrogen) atoms. The number of fused-ring (bicyclic) bond motifs is 1. The van der Waals surface area contributed by atoms with E-state index in [4.69, 9.17) is 23.2 Å². The first-order valence-corrected chi connectivity index (χ1v) is 10.6. The van der Waals surface area contributed by atoms with Crippen LogP contribution in [0.15, 0.2) is 47.3 Å². The highest BCUT2D eigenvalue weighted by atomic mass is 35.5. The molecule has 2 heterocycles. The zero-order chi connectivity index (χ0) is 25.3. The van der Waals surface area contributed by atoms with Gasteiger partial charge in [-0.15, -0.1) is 13.2 Å². The van der Waals surface area contributed by atoms with Gasteiger partial charge in [-0.2, -0.15) is 4.98 Å². The molecule has 4 rings (SSSR count). The molecule has 1 aromatic heterocycles. The number of nitrogens with one attached hydrogen (secondary N) is 4. The van der Waals surface area contributed by atoms with Gasteiger partial charge < -0.3 is 20.7 Å². The second-order valence-electron chi connectivity index (χ2n) is 7.33. The predicted molar refractivity (Wildman–Crippen MR) is 122 cm³/mol. The monoisotopic (exact) mass is 527 g/mol. The number of anilines is 4. The summed E-state index contributed by atoms with van der Waals surface area (Å²) in [5, 5.41) is 8.43. The van der Waals surface area contributed by atoms with Crippen molar-refractivity contribution >= 4 is 58.2 Å².